The zero-order valence-electron chi connectivity index (χ0n) is 17.8. The van der Waals surface area contributed by atoms with Gasteiger partial charge in [-0.25, -0.2) is 0 Å². The highest BCUT2D eigenvalue weighted by Gasteiger charge is 2.20. The number of nitrogens with one attached hydrogen (secondary N) is 1. The van der Waals surface area contributed by atoms with Gasteiger partial charge in [-0.15, -0.1) is 0 Å². The van der Waals surface area contributed by atoms with Crippen molar-refractivity contribution in [2.75, 3.05) is 20.3 Å². The first kappa shape index (κ1) is 23.1. The van der Waals surface area contributed by atoms with E-state index in [0.717, 1.165) is 27.8 Å². The molecule has 1 N–H and O–H groups in total. The minimum absolute atomic E-state index is 0.0421. The molecule has 29 heavy (non-hydrogen) atoms. The highest BCUT2D eigenvalue weighted by molar-refractivity contribution is 9.10. The van der Waals surface area contributed by atoms with Crippen molar-refractivity contribution in [1.82, 2.24) is 5.32 Å². The van der Waals surface area contributed by atoms with Gasteiger partial charge in [0, 0.05) is 16.6 Å². The summed E-state index contributed by atoms with van der Waals surface area (Å²) in [6.07, 6.45) is 0.927. The van der Waals surface area contributed by atoms with Gasteiger partial charge in [0.1, 0.15) is 5.75 Å². The molecule has 0 saturated carbocycles. The number of carbonyl (C=O) groups is 1. The van der Waals surface area contributed by atoms with E-state index in [9.17, 15) is 4.79 Å². The molecule has 0 aliphatic carbocycles. The quantitative estimate of drug-likeness (QED) is 0.552. The van der Waals surface area contributed by atoms with Gasteiger partial charge < -0.3 is 19.5 Å². The van der Waals surface area contributed by atoms with Crippen LogP contribution in [0.5, 0.6) is 17.2 Å². The molecule has 0 heterocycles. The summed E-state index contributed by atoms with van der Waals surface area (Å²) >= 11 is 3.50. The summed E-state index contributed by atoms with van der Waals surface area (Å²) in [7, 11) is 1.61. The molecule has 0 fully saturated rings. The minimum atomic E-state index is -0.182. The molecule has 2 aromatic carbocycles. The maximum atomic E-state index is 12.3. The van der Waals surface area contributed by atoms with Crippen LogP contribution in [0.15, 0.2) is 40.9 Å². The zero-order valence-corrected chi connectivity index (χ0v) is 19.4. The second-order valence-corrected chi connectivity index (χ2v) is 8.71. The third kappa shape index (κ3) is 6.96. The molecule has 0 unspecified atom stereocenters. The van der Waals surface area contributed by atoms with E-state index in [-0.39, 0.29) is 17.9 Å². The number of hydrogen-bond donors (Lipinski definition) is 1. The van der Waals surface area contributed by atoms with Crippen LogP contribution in [0, 0.1) is 0 Å². The molecule has 0 bridgehead atoms. The second kappa shape index (κ2) is 10.5. The number of methoxy groups -OCH3 is 1. The molecule has 0 saturated heterocycles. The maximum Gasteiger partial charge on any atom is 0.258 e. The van der Waals surface area contributed by atoms with Crippen LogP contribution in [0.4, 0.5) is 0 Å². The summed E-state index contributed by atoms with van der Waals surface area (Å²) in [5.41, 5.74) is 1.89. The molecule has 6 heteroatoms. The fraction of sp³-hybridized carbons (Fsp3) is 0.435. The van der Waals surface area contributed by atoms with Crippen LogP contribution in [0.1, 0.15) is 45.2 Å². The van der Waals surface area contributed by atoms with Crippen LogP contribution in [-0.2, 0) is 16.8 Å². The van der Waals surface area contributed by atoms with Crippen molar-refractivity contribution < 1.29 is 19.0 Å². The number of halogens is 1. The lowest BCUT2D eigenvalue weighted by molar-refractivity contribution is -0.123. The highest BCUT2D eigenvalue weighted by Crippen LogP contribution is 2.33. The Balaban J connectivity index is 1.94. The fourth-order valence-electron chi connectivity index (χ4n) is 2.76. The third-order valence-electron chi connectivity index (χ3n) is 4.29. The van der Waals surface area contributed by atoms with Crippen LogP contribution < -0.4 is 19.5 Å². The second-order valence-electron chi connectivity index (χ2n) is 7.79. The van der Waals surface area contributed by atoms with Gasteiger partial charge in [0.2, 0.25) is 0 Å². The Morgan fingerprint density at radius 1 is 1.03 bits per heavy atom. The molecule has 0 aromatic heterocycles. The molecule has 2 aromatic rings. The van der Waals surface area contributed by atoms with Crippen molar-refractivity contribution in [2.45, 2.75) is 46.1 Å². The largest absolute Gasteiger partial charge is 0.493 e. The minimum Gasteiger partial charge on any atom is -0.493 e. The Hall–Kier alpha value is -2.21. The molecule has 0 radical (unpaired) electrons. The van der Waals surface area contributed by atoms with E-state index < -0.39 is 0 Å². The first-order valence-corrected chi connectivity index (χ1v) is 10.5. The summed E-state index contributed by atoms with van der Waals surface area (Å²) in [4.78, 5) is 12.3. The Bertz CT molecular complexity index is 830. The lowest BCUT2D eigenvalue weighted by Crippen LogP contribution is -2.29. The summed E-state index contributed by atoms with van der Waals surface area (Å²) in [5, 5.41) is 2.88. The third-order valence-corrected chi connectivity index (χ3v) is 4.78. The Kier molecular flexibility index (Phi) is 8.38. The molecular weight excluding hydrogens is 434 g/mol. The summed E-state index contributed by atoms with van der Waals surface area (Å²) in [6.45, 7) is 9.38. The predicted octanol–water partition coefficient (Wildman–Crippen LogP) is 5.24. The average Bonchev–Trinajstić information content (AvgIpc) is 2.69. The fourth-order valence-corrected chi connectivity index (χ4v) is 3.12. The van der Waals surface area contributed by atoms with Crippen molar-refractivity contribution >= 4 is 21.8 Å². The van der Waals surface area contributed by atoms with E-state index in [1.165, 1.54) is 0 Å². The SMILES string of the molecule is CCCOc1ccc(CNC(=O)COc2ccc(Br)cc2C(C)(C)C)cc1OC. The summed E-state index contributed by atoms with van der Waals surface area (Å²) in [5.74, 6) is 1.90. The average molecular weight is 464 g/mol. The van der Waals surface area contributed by atoms with Crippen LogP contribution in [0.25, 0.3) is 0 Å². The number of rotatable bonds is 9. The van der Waals surface area contributed by atoms with E-state index in [2.05, 4.69) is 48.9 Å². The van der Waals surface area contributed by atoms with Gasteiger partial charge in [-0.2, -0.15) is 0 Å². The predicted molar refractivity (Wildman–Crippen MR) is 119 cm³/mol. The van der Waals surface area contributed by atoms with Gasteiger partial charge in [0.15, 0.2) is 18.1 Å². The first-order chi connectivity index (χ1) is 13.7. The smallest absolute Gasteiger partial charge is 0.258 e. The standard InChI is InChI=1S/C23H30BrNO4/c1-6-11-28-20-9-7-16(12-21(20)27-5)14-25-22(26)15-29-19-10-8-17(24)13-18(19)23(2,3)4/h7-10,12-13H,6,11,14-15H2,1-5H3,(H,25,26). The van der Waals surface area contributed by atoms with Crippen molar-refractivity contribution in [2.24, 2.45) is 0 Å². The van der Waals surface area contributed by atoms with Gasteiger partial charge in [0.25, 0.3) is 5.91 Å². The molecule has 2 rings (SSSR count). The Labute approximate surface area is 181 Å². The molecular formula is C23H30BrNO4. The molecule has 0 spiro atoms. The molecule has 0 aliphatic rings. The maximum absolute atomic E-state index is 12.3. The molecule has 5 nitrogen and oxygen atoms in total. The lowest BCUT2D eigenvalue weighted by Gasteiger charge is -2.23. The number of carbonyl (C=O) groups excluding carboxylic acids is 1. The van der Waals surface area contributed by atoms with E-state index >= 15 is 0 Å². The number of hydrogen-bond acceptors (Lipinski definition) is 4. The zero-order chi connectivity index (χ0) is 21.4. The van der Waals surface area contributed by atoms with Crippen molar-refractivity contribution in [1.29, 1.82) is 0 Å². The van der Waals surface area contributed by atoms with Gasteiger partial charge in [-0.1, -0.05) is 49.7 Å². The van der Waals surface area contributed by atoms with Crippen LogP contribution in [0.3, 0.4) is 0 Å². The van der Waals surface area contributed by atoms with Crippen molar-refractivity contribution in [3.8, 4) is 17.2 Å². The molecule has 158 valence electrons. The van der Waals surface area contributed by atoms with Gasteiger partial charge >= 0.3 is 0 Å². The number of benzene rings is 2. The lowest BCUT2D eigenvalue weighted by atomic mass is 9.86. The van der Waals surface area contributed by atoms with E-state index in [0.29, 0.717) is 24.7 Å². The summed E-state index contributed by atoms with van der Waals surface area (Å²) in [6, 6.07) is 11.5. The van der Waals surface area contributed by atoms with Gasteiger partial charge in [0.05, 0.1) is 13.7 Å². The number of amides is 1. The number of ether oxygens (including phenoxy) is 3. The van der Waals surface area contributed by atoms with E-state index in [1.54, 1.807) is 7.11 Å². The summed E-state index contributed by atoms with van der Waals surface area (Å²) < 4.78 is 17.8. The van der Waals surface area contributed by atoms with Gasteiger partial charge in [-0.05, 0) is 47.7 Å². The Morgan fingerprint density at radius 3 is 2.41 bits per heavy atom. The van der Waals surface area contributed by atoms with Crippen molar-refractivity contribution in [3.63, 3.8) is 0 Å². The van der Waals surface area contributed by atoms with Crippen LogP contribution in [-0.4, -0.2) is 26.2 Å². The van der Waals surface area contributed by atoms with E-state index in [4.69, 9.17) is 14.2 Å². The molecule has 1 amide bonds. The highest BCUT2D eigenvalue weighted by atomic mass is 79.9. The first-order valence-electron chi connectivity index (χ1n) is 9.73. The van der Waals surface area contributed by atoms with Crippen LogP contribution >= 0.6 is 15.9 Å². The normalized spacial score (nSPS) is 11.1. The van der Waals surface area contributed by atoms with Crippen molar-refractivity contribution in [3.05, 3.63) is 52.0 Å². The Morgan fingerprint density at radius 2 is 1.76 bits per heavy atom. The molecule has 0 atom stereocenters. The van der Waals surface area contributed by atoms with E-state index in [1.807, 2.05) is 36.4 Å². The molecule has 0 aliphatic heterocycles. The van der Waals surface area contributed by atoms with Gasteiger partial charge in [-0.3, -0.25) is 4.79 Å². The van der Waals surface area contributed by atoms with Crippen LogP contribution in [0.2, 0.25) is 0 Å². The topological polar surface area (TPSA) is 56.8 Å². The monoisotopic (exact) mass is 463 g/mol.